The van der Waals surface area contributed by atoms with Crippen molar-refractivity contribution in [3.63, 3.8) is 0 Å². The third-order valence-corrected chi connectivity index (χ3v) is 4.21. The van der Waals surface area contributed by atoms with Gasteiger partial charge in [-0.2, -0.15) is 10.2 Å². The minimum absolute atomic E-state index is 0.274. The molecule has 4 rings (SSSR count). The molecule has 0 unspecified atom stereocenters. The van der Waals surface area contributed by atoms with Crippen molar-refractivity contribution in [2.45, 2.75) is 6.92 Å². The number of fused-ring (bicyclic) bond motifs is 1. The predicted octanol–water partition coefficient (Wildman–Crippen LogP) is 3.39. The molecule has 0 atom stereocenters. The number of hydrogen-bond acceptors (Lipinski definition) is 6. The van der Waals surface area contributed by atoms with E-state index in [2.05, 4.69) is 10.5 Å². The molecule has 1 amide bonds. The number of aromatic nitrogens is 2. The molecule has 148 valence electrons. The molecule has 0 saturated heterocycles. The standard InChI is InChI=1S/C21H20N4O4/c1-2-27-21(26)23-22-13-16-14-25(17-6-4-3-5-7-17)24-20(16)15-8-9-18-19(12-15)29-11-10-28-18/h3-9,12-14H,2,10-11H2,1H3,(H,23,26)/b22-13+. The molecule has 2 aromatic carbocycles. The molecule has 1 aliphatic rings. The molecule has 8 heteroatoms. The van der Waals surface area contributed by atoms with Gasteiger partial charge in [-0.3, -0.25) is 0 Å². The van der Waals surface area contributed by atoms with Gasteiger partial charge in [0.05, 0.1) is 18.5 Å². The fourth-order valence-electron chi connectivity index (χ4n) is 2.93. The highest BCUT2D eigenvalue weighted by Gasteiger charge is 2.16. The van der Waals surface area contributed by atoms with Crippen LogP contribution >= 0.6 is 0 Å². The van der Waals surface area contributed by atoms with E-state index in [4.69, 9.17) is 19.3 Å². The first-order chi connectivity index (χ1) is 14.2. The number of para-hydroxylation sites is 1. The van der Waals surface area contributed by atoms with Crippen molar-refractivity contribution in [3.8, 4) is 28.4 Å². The van der Waals surface area contributed by atoms with Crippen LogP contribution in [0, 0.1) is 0 Å². The number of nitrogens with one attached hydrogen (secondary N) is 1. The number of benzene rings is 2. The Morgan fingerprint density at radius 1 is 1.21 bits per heavy atom. The molecule has 2 heterocycles. The first-order valence-corrected chi connectivity index (χ1v) is 9.25. The van der Waals surface area contributed by atoms with Crippen molar-refractivity contribution in [1.29, 1.82) is 0 Å². The third-order valence-electron chi connectivity index (χ3n) is 4.21. The number of carbonyl (C=O) groups excluding carboxylic acids is 1. The minimum atomic E-state index is -0.611. The SMILES string of the molecule is CCOC(=O)N/N=C/c1cn(-c2ccccc2)nc1-c1ccc2c(c1)OCCO2. The van der Waals surface area contributed by atoms with Crippen LogP contribution in [0.15, 0.2) is 59.8 Å². The van der Waals surface area contributed by atoms with E-state index in [1.807, 2.05) is 54.7 Å². The molecule has 0 bridgehead atoms. The summed E-state index contributed by atoms with van der Waals surface area (Å²) in [5.74, 6) is 1.39. The van der Waals surface area contributed by atoms with Crippen LogP contribution in [-0.4, -0.2) is 41.9 Å². The Hall–Kier alpha value is -3.81. The van der Waals surface area contributed by atoms with Gasteiger partial charge in [0, 0.05) is 17.3 Å². The van der Waals surface area contributed by atoms with Crippen LogP contribution < -0.4 is 14.9 Å². The first-order valence-electron chi connectivity index (χ1n) is 9.25. The number of ether oxygens (including phenoxy) is 3. The van der Waals surface area contributed by atoms with Gasteiger partial charge in [0.25, 0.3) is 0 Å². The summed E-state index contributed by atoms with van der Waals surface area (Å²) < 4.78 is 17.9. The van der Waals surface area contributed by atoms with E-state index in [-0.39, 0.29) is 6.61 Å². The fraction of sp³-hybridized carbons (Fsp3) is 0.190. The van der Waals surface area contributed by atoms with Gasteiger partial charge >= 0.3 is 6.09 Å². The highest BCUT2D eigenvalue weighted by molar-refractivity contribution is 5.89. The van der Waals surface area contributed by atoms with E-state index in [0.717, 1.165) is 16.8 Å². The summed E-state index contributed by atoms with van der Waals surface area (Å²) in [5.41, 5.74) is 5.51. The monoisotopic (exact) mass is 392 g/mol. The predicted molar refractivity (Wildman–Crippen MR) is 108 cm³/mol. The smallest absolute Gasteiger partial charge is 0.427 e. The van der Waals surface area contributed by atoms with E-state index >= 15 is 0 Å². The van der Waals surface area contributed by atoms with Crippen LogP contribution in [0.25, 0.3) is 16.9 Å². The number of hydrazone groups is 1. The highest BCUT2D eigenvalue weighted by Crippen LogP contribution is 2.35. The largest absolute Gasteiger partial charge is 0.486 e. The van der Waals surface area contributed by atoms with Crippen molar-refractivity contribution < 1.29 is 19.0 Å². The summed E-state index contributed by atoms with van der Waals surface area (Å²) in [4.78, 5) is 11.5. The normalized spacial score (nSPS) is 12.7. The second-order valence-electron chi connectivity index (χ2n) is 6.16. The Kier molecular flexibility index (Phi) is 5.42. The van der Waals surface area contributed by atoms with Crippen LogP contribution in [-0.2, 0) is 4.74 Å². The molecular weight excluding hydrogens is 372 g/mol. The Balaban J connectivity index is 1.70. The average Bonchev–Trinajstić information content (AvgIpc) is 3.18. The summed E-state index contributed by atoms with van der Waals surface area (Å²) in [6.07, 6.45) is 2.77. The quantitative estimate of drug-likeness (QED) is 0.531. The van der Waals surface area contributed by atoms with Crippen LogP contribution in [0.3, 0.4) is 0 Å². The van der Waals surface area contributed by atoms with E-state index in [9.17, 15) is 4.79 Å². The van der Waals surface area contributed by atoms with Crippen LogP contribution in [0.1, 0.15) is 12.5 Å². The van der Waals surface area contributed by atoms with E-state index in [0.29, 0.717) is 30.4 Å². The Bertz CT molecular complexity index is 1030. The lowest BCUT2D eigenvalue weighted by Crippen LogP contribution is -2.18. The maximum Gasteiger partial charge on any atom is 0.427 e. The second kappa shape index (κ2) is 8.47. The lowest BCUT2D eigenvalue weighted by atomic mass is 10.1. The van der Waals surface area contributed by atoms with Crippen LogP contribution in [0.4, 0.5) is 4.79 Å². The first kappa shape index (κ1) is 18.5. The van der Waals surface area contributed by atoms with Gasteiger partial charge in [-0.1, -0.05) is 18.2 Å². The molecule has 1 N–H and O–H groups in total. The molecule has 0 spiro atoms. The summed E-state index contributed by atoms with van der Waals surface area (Å²) >= 11 is 0. The Morgan fingerprint density at radius 2 is 2.00 bits per heavy atom. The molecule has 29 heavy (non-hydrogen) atoms. The summed E-state index contributed by atoms with van der Waals surface area (Å²) in [7, 11) is 0. The van der Waals surface area contributed by atoms with E-state index in [1.165, 1.54) is 6.21 Å². The fourth-order valence-corrected chi connectivity index (χ4v) is 2.93. The van der Waals surface area contributed by atoms with Gasteiger partial charge < -0.3 is 14.2 Å². The van der Waals surface area contributed by atoms with Gasteiger partial charge in [-0.05, 0) is 37.3 Å². The number of rotatable bonds is 5. The molecule has 8 nitrogen and oxygen atoms in total. The van der Waals surface area contributed by atoms with Gasteiger partial charge in [0.15, 0.2) is 11.5 Å². The maximum atomic E-state index is 11.5. The van der Waals surface area contributed by atoms with E-state index in [1.54, 1.807) is 11.6 Å². The second-order valence-corrected chi connectivity index (χ2v) is 6.16. The summed E-state index contributed by atoms with van der Waals surface area (Å²) in [6.45, 7) is 3.04. The van der Waals surface area contributed by atoms with Crippen molar-refractivity contribution in [3.05, 3.63) is 60.3 Å². The minimum Gasteiger partial charge on any atom is -0.486 e. The number of hydrogen-bond donors (Lipinski definition) is 1. The van der Waals surface area contributed by atoms with Crippen molar-refractivity contribution in [1.82, 2.24) is 15.2 Å². The average molecular weight is 392 g/mol. The molecular formula is C21H20N4O4. The lowest BCUT2D eigenvalue weighted by Gasteiger charge is -2.18. The molecule has 0 saturated carbocycles. The summed E-state index contributed by atoms with van der Waals surface area (Å²) in [6, 6.07) is 15.4. The van der Waals surface area contributed by atoms with E-state index < -0.39 is 6.09 Å². The van der Waals surface area contributed by atoms with Crippen molar-refractivity contribution >= 4 is 12.3 Å². The van der Waals surface area contributed by atoms with Crippen molar-refractivity contribution in [2.75, 3.05) is 19.8 Å². The van der Waals surface area contributed by atoms with Gasteiger partial charge in [-0.25, -0.2) is 14.9 Å². The van der Waals surface area contributed by atoms with Crippen molar-refractivity contribution in [2.24, 2.45) is 5.10 Å². The van der Waals surface area contributed by atoms with Gasteiger partial charge in [0.1, 0.15) is 18.9 Å². The molecule has 1 aromatic heterocycles. The molecule has 0 fully saturated rings. The van der Waals surface area contributed by atoms with Crippen LogP contribution in [0.5, 0.6) is 11.5 Å². The topological polar surface area (TPSA) is 87.0 Å². The molecule has 0 aliphatic carbocycles. The zero-order chi connectivity index (χ0) is 20.1. The lowest BCUT2D eigenvalue weighted by molar-refractivity contribution is 0.152. The number of carbonyl (C=O) groups is 1. The summed E-state index contributed by atoms with van der Waals surface area (Å²) in [5, 5.41) is 8.70. The number of amides is 1. The molecule has 3 aromatic rings. The van der Waals surface area contributed by atoms with Gasteiger partial charge in [-0.15, -0.1) is 0 Å². The molecule has 1 aliphatic heterocycles. The number of nitrogens with zero attached hydrogens (tertiary/aromatic N) is 3. The third kappa shape index (κ3) is 4.21. The zero-order valence-electron chi connectivity index (χ0n) is 15.9. The van der Waals surface area contributed by atoms with Crippen LogP contribution in [0.2, 0.25) is 0 Å². The van der Waals surface area contributed by atoms with Gasteiger partial charge in [0.2, 0.25) is 0 Å². The Morgan fingerprint density at radius 3 is 2.79 bits per heavy atom. The highest BCUT2D eigenvalue weighted by atomic mass is 16.6. The zero-order valence-corrected chi connectivity index (χ0v) is 15.9. The maximum absolute atomic E-state index is 11.5. The Labute approximate surface area is 167 Å². The molecule has 0 radical (unpaired) electrons.